The molecule has 1 N–H and O–H groups in total. The number of carbonyl (C=O) groups excluding carboxylic acids is 4. The highest BCUT2D eigenvalue weighted by Gasteiger charge is 2.40. The standard InChI is InChI=1S/C21H22N4O5/c26-18(23-8-10-24(11-9-23)20(28)17-7-4-12-30-17)13-16-19(27)25(21(29)22-16)14-15-5-2-1-3-6-15/h1-7,12,16H,8-11,13-14H2,(H,22,29)/t16-/m0/s1. The predicted molar refractivity (Wildman–Crippen MR) is 105 cm³/mol. The smallest absolute Gasteiger partial charge is 0.325 e. The maximum absolute atomic E-state index is 12.7. The summed E-state index contributed by atoms with van der Waals surface area (Å²) in [5.41, 5.74) is 0.838. The summed E-state index contributed by atoms with van der Waals surface area (Å²) in [6.45, 7) is 1.68. The topological polar surface area (TPSA) is 103 Å². The molecule has 2 aliphatic rings. The van der Waals surface area contributed by atoms with Gasteiger partial charge >= 0.3 is 6.03 Å². The highest BCUT2D eigenvalue weighted by molar-refractivity contribution is 6.05. The zero-order chi connectivity index (χ0) is 21.1. The van der Waals surface area contributed by atoms with E-state index < -0.39 is 18.0 Å². The van der Waals surface area contributed by atoms with Gasteiger partial charge in [0.05, 0.1) is 19.2 Å². The molecule has 2 aliphatic heterocycles. The van der Waals surface area contributed by atoms with Crippen molar-refractivity contribution >= 4 is 23.8 Å². The predicted octanol–water partition coefficient (Wildman–Crippen LogP) is 1.07. The van der Waals surface area contributed by atoms with Gasteiger partial charge in [0.25, 0.3) is 11.8 Å². The van der Waals surface area contributed by atoms with E-state index in [0.29, 0.717) is 26.2 Å². The van der Waals surface area contributed by atoms with Crippen molar-refractivity contribution in [2.24, 2.45) is 0 Å². The SMILES string of the molecule is O=C(C[C@@H]1NC(=O)N(Cc2ccccc2)C1=O)N1CCN(C(=O)c2ccco2)CC1. The number of benzene rings is 1. The van der Waals surface area contributed by atoms with Gasteiger partial charge < -0.3 is 19.5 Å². The Labute approximate surface area is 173 Å². The summed E-state index contributed by atoms with van der Waals surface area (Å²) in [5, 5.41) is 2.60. The molecule has 30 heavy (non-hydrogen) atoms. The van der Waals surface area contributed by atoms with E-state index in [-0.39, 0.29) is 30.5 Å². The van der Waals surface area contributed by atoms with Gasteiger partial charge in [-0.2, -0.15) is 0 Å². The maximum Gasteiger partial charge on any atom is 0.325 e. The molecule has 5 amide bonds. The van der Waals surface area contributed by atoms with Gasteiger partial charge in [-0.3, -0.25) is 19.3 Å². The normalized spacial score (nSPS) is 19.2. The van der Waals surface area contributed by atoms with Crippen molar-refractivity contribution in [1.82, 2.24) is 20.0 Å². The van der Waals surface area contributed by atoms with Crippen LogP contribution in [0.5, 0.6) is 0 Å². The van der Waals surface area contributed by atoms with E-state index in [1.807, 2.05) is 30.3 Å². The minimum absolute atomic E-state index is 0.0952. The minimum atomic E-state index is -0.864. The Hall–Kier alpha value is -3.62. The maximum atomic E-state index is 12.7. The van der Waals surface area contributed by atoms with Crippen molar-refractivity contribution in [3.8, 4) is 0 Å². The van der Waals surface area contributed by atoms with E-state index in [9.17, 15) is 19.2 Å². The number of carbonyl (C=O) groups is 4. The van der Waals surface area contributed by atoms with Gasteiger partial charge in [-0.05, 0) is 17.7 Å². The van der Waals surface area contributed by atoms with E-state index in [1.54, 1.807) is 21.9 Å². The van der Waals surface area contributed by atoms with Crippen LogP contribution in [0.1, 0.15) is 22.5 Å². The Morgan fingerprint density at radius 1 is 0.967 bits per heavy atom. The van der Waals surface area contributed by atoms with Crippen LogP contribution in [0, 0.1) is 0 Å². The van der Waals surface area contributed by atoms with Crippen LogP contribution in [0.3, 0.4) is 0 Å². The van der Waals surface area contributed by atoms with E-state index >= 15 is 0 Å². The van der Waals surface area contributed by atoms with Gasteiger partial charge in [0, 0.05) is 26.2 Å². The monoisotopic (exact) mass is 410 g/mol. The van der Waals surface area contributed by atoms with Gasteiger partial charge in [0.1, 0.15) is 6.04 Å². The number of urea groups is 1. The summed E-state index contributed by atoms with van der Waals surface area (Å²) < 4.78 is 5.13. The molecule has 2 aromatic rings. The third kappa shape index (κ3) is 4.05. The van der Waals surface area contributed by atoms with E-state index in [2.05, 4.69) is 5.32 Å². The van der Waals surface area contributed by atoms with Crippen LogP contribution in [-0.2, 0) is 16.1 Å². The Kier molecular flexibility index (Phi) is 5.51. The third-order valence-corrected chi connectivity index (χ3v) is 5.32. The average molecular weight is 410 g/mol. The molecule has 9 nitrogen and oxygen atoms in total. The quantitative estimate of drug-likeness (QED) is 0.743. The fourth-order valence-electron chi connectivity index (χ4n) is 3.65. The number of rotatable bonds is 5. The molecule has 0 unspecified atom stereocenters. The fraction of sp³-hybridized carbons (Fsp3) is 0.333. The van der Waals surface area contributed by atoms with Crippen LogP contribution < -0.4 is 5.32 Å². The lowest BCUT2D eigenvalue weighted by atomic mass is 10.1. The molecule has 9 heteroatoms. The lowest BCUT2D eigenvalue weighted by molar-refractivity contribution is -0.136. The summed E-state index contributed by atoms with van der Waals surface area (Å²) in [5.74, 6) is -0.557. The first-order chi connectivity index (χ1) is 14.5. The number of furan rings is 1. The van der Waals surface area contributed by atoms with Gasteiger partial charge in [-0.15, -0.1) is 0 Å². The van der Waals surface area contributed by atoms with Crippen molar-refractivity contribution in [3.05, 3.63) is 60.1 Å². The highest BCUT2D eigenvalue weighted by atomic mass is 16.3. The number of piperazine rings is 1. The van der Waals surface area contributed by atoms with Crippen molar-refractivity contribution in [2.45, 2.75) is 19.0 Å². The van der Waals surface area contributed by atoms with Crippen LogP contribution in [0.25, 0.3) is 0 Å². The van der Waals surface area contributed by atoms with Crippen LogP contribution in [0.4, 0.5) is 4.79 Å². The van der Waals surface area contributed by atoms with Crippen LogP contribution in [-0.4, -0.2) is 70.7 Å². The molecule has 1 atom stereocenters. The second kappa shape index (κ2) is 8.40. The highest BCUT2D eigenvalue weighted by Crippen LogP contribution is 2.16. The van der Waals surface area contributed by atoms with E-state index in [4.69, 9.17) is 4.42 Å². The summed E-state index contributed by atoms with van der Waals surface area (Å²) in [6, 6.07) is 11.1. The first kappa shape index (κ1) is 19.7. The van der Waals surface area contributed by atoms with Gasteiger partial charge in [-0.25, -0.2) is 4.79 Å². The van der Waals surface area contributed by atoms with Crippen LogP contribution >= 0.6 is 0 Å². The molecule has 3 heterocycles. The molecule has 2 saturated heterocycles. The molecular formula is C21H22N4O5. The molecule has 1 aromatic carbocycles. The first-order valence-corrected chi connectivity index (χ1v) is 9.79. The van der Waals surface area contributed by atoms with Crippen molar-refractivity contribution < 1.29 is 23.6 Å². The number of hydrogen-bond donors (Lipinski definition) is 1. The second-order valence-electron chi connectivity index (χ2n) is 7.27. The zero-order valence-electron chi connectivity index (χ0n) is 16.3. The Morgan fingerprint density at radius 2 is 1.67 bits per heavy atom. The molecular weight excluding hydrogens is 388 g/mol. The van der Waals surface area contributed by atoms with Crippen molar-refractivity contribution in [3.63, 3.8) is 0 Å². The number of amides is 5. The van der Waals surface area contributed by atoms with Gasteiger partial charge in [0.15, 0.2) is 5.76 Å². The molecule has 0 spiro atoms. The van der Waals surface area contributed by atoms with Crippen molar-refractivity contribution in [1.29, 1.82) is 0 Å². The van der Waals surface area contributed by atoms with Crippen LogP contribution in [0.2, 0.25) is 0 Å². The Bertz CT molecular complexity index is 936. The van der Waals surface area contributed by atoms with Crippen LogP contribution in [0.15, 0.2) is 53.1 Å². The molecule has 156 valence electrons. The third-order valence-electron chi connectivity index (χ3n) is 5.32. The zero-order valence-corrected chi connectivity index (χ0v) is 16.3. The molecule has 0 saturated carbocycles. The first-order valence-electron chi connectivity index (χ1n) is 9.79. The lowest BCUT2D eigenvalue weighted by Crippen LogP contribution is -2.51. The molecule has 0 aliphatic carbocycles. The van der Waals surface area contributed by atoms with Crippen molar-refractivity contribution in [2.75, 3.05) is 26.2 Å². The number of nitrogens with one attached hydrogen (secondary N) is 1. The largest absolute Gasteiger partial charge is 0.459 e. The molecule has 0 bridgehead atoms. The lowest BCUT2D eigenvalue weighted by Gasteiger charge is -2.34. The number of nitrogens with zero attached hydrogens (tertiary/aromatic N) is 3. The number of hydrogen-bond acceptors (Lipinski definition) is 5. The molecule has 0 radical (unpaired) electrons. The second-order valence-corrected chi connectivity index (χ2v) is 7.27. The minimum Gasteiger partial charge on any atom is -0.459 e. The summed E-state index contributed by atoms with van der Waals surface area (Å²) in [7, 11) is 0. The van der Waals surface area contributed by atoms with E-state index in [1.165, 1.54) is 6.26 Å². The molecule has 1 aromatic heterocycles. The summed E-state index contributed by atoms with van der Waals surface area (Å²) >= 11 is 0. The summed E-state index contributed by atoms with van der Waals surface area (Å²) in [6.07, 6.45) is 1.35. The fourth-order valence-corrected chi connectivity index (χ4v) is 3.65. The van der Waals surface area contributed by atoms with Gasteiger partial charge in [-0.1, -0.05) is 30.3 Å². The number of imide groups is 1. The van der Waals surface area contributed by atoms with Gasteiger partial charge in [0.2, 0.25) is 5.91 Å². The van der Waals surface area contributed by atoms with E-state index in [0.717, 1.165) is 10.5 Å². The molecule has 4 rings (SSSR count). The average Bonchev–Trinajstić information content (AvgIpc) is 3.39. The Morgan fingerprint density at radius 3 is 2.33 bits per heavy atom. The summed E-state index contributed by atoms with van der Waals surface area (Å²) in [4.78, 5) is 54.2. The Balaban J connectivity index is 1.29. The molecule has 2 fully saturated rings.